The van der Waals surface area contributed by atoms with Crippen molar-refractivity contribution in [3.05, 3.63) is 59.7 Å². The van der Waals surface area contributed by atoms with Gasteiger partial charge in [0.05, 0.1) is 6.21 Å². The van der Waals surface area contributed by atoms with Gasteiger partial charge in [-0.05, 0) is 48.9 Å². The molecular weight excluding hydrogens is 460 g/mol. The van der Waals surface area contributed by atoms with Crippen LogP contribution in [0.3, 0.4) is 0 Å². The number of ketones is 1. The SMILES string of the molecule is CN=C1SC(CC(=O)Nc2cccc(C(C)=O)c2)C(=O)N1/N=C/c1ccc(OCC(=O)O)cc1. The van der Waals surface area contributed by atoms with Crippen LogP contribution in [0.4, 0.5) is 5.69 Å². The highest BCUT2D eigenvalue weighted by atomic mass is 32.2. The van der Waals surface area contributed by atoms with Gasteiger partial charge in [0.2, 0.25) is 5.91 Å². The van der Waals surface area contributed by atoms with E-state index in [9.17, 15) is 19.2 Å². The van der Waals surface area contributed by atoms with Crippen LogP contribution in [0.15, 0.2) is 58.6 Å². The van der Waals surface area contributed by atoms with E-state index in [1.165, 1.54) is 20.2 Å². The number of nitrogens with zero attached hydrogens (tertiary/aromatic N) is 3. The molecule has 1 aliphatic heterocycles. The topological polar surface area (TPSA) is 138 Å². The van der Waals surface area contributed by atoms with E-state index in [-0.39, 0.29) is 24.0 Å². The molecule has 1 unspecified atom stereocenters. The van der Waals surface area contributed by atoms with Crippen molar-refractivity contribution in [3.63, 3.8) is 0 Å². The molecular formula is C23H22N4O6S. The molecule has 176 valence electrons. The molecule has 1 saturated heterocycles. The maximum atomic E-state index is 12.8. The molecule has 0 saturated carbocycles. The van der Waals surface area contributed by atoms with Crippen molar-refractivity contribution in [1.82, 2.24) is 5.01 Å². The van der Waals surface area contributed by atoms with E-state index >= 15 is 0 Å². The number of carbonyl (C=O) groups excluding carboxylic acids is 3. The largest absolute Gasteiger partial charge is 0.482 e. The number of anilines is 1. The van der Waals surface area contributed by atoms with Gasteiger partial charge in [-0.3, -0.25) is 19.4 Å². The van der Waals surface area contributed by atoms with Gasteiger partial charge < -0.3 is 15.2 Å². The minimum absolute atomic E-state index is 0.0888. The van der Waals surface area contributed by atoms with Crippen LogP contribution in [0.25, 0.3) is 0 Å². The summed E-state index contributed by atoms with van der Waals surface area (Å²) in [6.07, 6.45) is 1.37. The first-order valence-corrected chi connectivity index (χ1v) is 11.0. The number of amides is 2. The van der Waals surface area contributed by atoms with Gasteiger partial charge in [0.1, 0.15) is 11.0 Å². The molecule has 2 aromatic carbocycles. The third kappa shape index (κ3) is 6.51. The summed E-state index contributed by atoms with van der Waals surface area (Å²) in [4.78, 5) is 51.5. The lowest BCUT2D eigenvalue weighted by molar-refractivity contribution is -0.139. The fourth-order valence-electron chi connectivity index (χ4n) is 2.96. The summed E-state index contributed by atoms with van der Waals surface area (Å²) in [7, 11) is 1.53. The Hall–Kier alpha value is -3.99. The smallest absolute Gasteiger partial charge is 0.341 e. The Balaban J connectivity index is 1.62. The Morgan fingerprint density at radius 2 is 1.94 bits per heavy atom. The molecule has 0 bridgehead atoms. The molecule has 1 heterocycles. The molecule has 2 aromatic rings. The standard InChI is InChI=1S/C23H22N4O6S/c1-14(28)16-4-3-5-17(10-16)26-20(29)11-19-22(32)27(23(24-2)34-19)25-12-15-6-8-18(9-7-15)33-13-21(30)31/h3-10,12,19H,11,13H2,1-2H3,(H,26,29)(H,30,31)/b24-23?,25-12+. The number of aliphatic imine (C=N–C) groups is 1. The molecule has 11 heteroatoms. The Kier molecular flexibility index (Phi) is 8.14. The molecule has 0 aliphatic carbocycles. The molecule has 0 radical (unpaired) electrons. The average Bonchev–Trinajstić information content (AvgIpc) is 3.11. The van der Waals surface area contributed by atoms with Crippen molar-refractivity contribution in [2.24, 2.45) is 10.1 Å². The minimum atomic E-state index is -1.07. The number of ether oxygens (including phenoxy) is 1. The number of amidine groups is 1. The van der Waals surface area contributed by atoms with Crippen molar-refractivity contribution in [2.75, 3.05) is 19.0 Å². The Morgan fingerprint density at radius 1 is 1.21 bits per heavy atom. The lowest BCUT2D eigenvalue weighted by Crippen LogP contribution is -2.29. The van der Waals surface area contributed by atoms with Crippen LogP contribution in [0.1, 0.15) is 29.3 Å². The Morgan fingerprint density at radius 3 is 2.59 bits per heavy atom. The number of nitrogens with one attached hydrogen (secondary N) is 1. The summed E-state index contributed by atoms with van der Waals surface area (Å²) < 4.78 is 5.08. The van der Waals surface area contributed by atoms with E-state index < -0.39 is 17.8 Å². The van der Waals surface area contributed by atoms with Gasteiger partial charge in [0.15, 0.2) is 17.6 Å². The molecule has 1 atom stereocenters. The van der Waals surface area contributed by atoms with Crippen molar-refractivity contribution in [1.29, 1.82) is 0 Å². The second-order valence-corrected chi connectivity index (χ2v) is 8.32. The lowest BCUT2D eigenvalue weighted by Gasteiger charge is -2.10. The predicted octanol–water partition coefficient (Wildman–Crippen LogP) is 2.65. The number of hydrazone groups is 1. The number of hydrogen-bond donors (Lipinski definition) is 2. The van der Waals surface area contributed by atoms with Crippen LogP contribution >= 0.6 is 11.8 Å². The average molecular weight is 483 g/mol. The van der Waals surface area contributed by atoms with E-state index in [2.05, 4.69) is 15.4 Å². The number of carboxylic acid groups (broad SMARTS) is 1. The molecule has 0 aromatic heterocycles. The van der Waals surface area contributed by atoms with Crippen LogP contribution < -0.4 is 10.1 Å². The summed E-state index contributed by atoms with van der Waals surface area (Å²) >= 11 is 1.14. The monoisotopic (exact) mass is 482 g/mol. The number of thioether (sulfide) groups is 1. The summed E-state index contributed by atoms with van der Waals surface area (Å²) in [5.74, 6) is -1.55. The number of rotatable bonds is 9. The zero-order valence-electron chi connectivity index (χ0n) is 18.4. The summed E-state index contributed by atoms with van der Waals surface area (Å²) in [5.41, 5.74) is 1.61. The normalized spacial score (nSPS) is 16.8. The van der Waals surface area contributed by atoms with Gasteiger partial charge in [-0.2, -0.15) is 10.1 Å². The summed E-state index contributed by atoms with van der Waals surface area (Å²) in [6, 6.07) is 13.1. The quantitative estimate of drug-likeness (QED) is 0.414. The number of Topliss-reactive ketones (excluding diaryl/α,β-unsaturated/α-hetero) is 1. The number of benzene rings is 2. The van der Waals surface area contributed by atoms with Gasteiger partial charge in [0, 0.05) is 24.7 Å². The maximum absolute atomic E-state index is 12.8. The van der Waals surface area contributed by atoms with Crippen molar-refractivity contribution < 1.29 is 29.0 Å². The van der Waals surface area contributed by atoms with Gasteiger partial charge >= 0.3 is 5.97 Å². The molecule has 1 fully saturated rings. The van der Waals surface area contributed by atoms with Crippen LogP contribution in [0.5, 0.6) is 5.75 Å². The fraction of sp³-hybridized carbons (Fsp3) is 0.217. The number of carbonyl (C=O) groups is 4. The second kappa shape index (κ2) is 11.2. The van der Waals surface area contributed by atoms with Crippen molar-refractivity contribution in [2.45, 2.75) is 18.6 Å². The van der Waals surface area contributed by atoms with Gasteiger partial charge in [0.25, 0.3) is 5.91 Å². The number of carboxylic acids is 1. The highest BCUT2D eigenvalue weighted by molar-refractivity contribution is 8.15. The first-order chi connectivity index (χ1) is 16.3. The number of aliphatic carboxylic acids is 1. The van der Waals surface area contributed by atoms with Crippen molar-refractivity contribution in [3.8, 4) is 5.75 Å². The van der Waals surface area contributed by atoms with Crippen LogP contribution in [0, 0.1) is 0 Å². The number of hydrogen-bond acceptors (Lipinski definition) is 8. The zero-order valence-corrected chi connectivity index (χ0v) is 19.2. The second-order valence-electron chi connectivity index (χ2n) is 7.15. The van der Waals surface area contributed by atoms with E-state index in [0.29, 0.717) is 27.7 Å². The van der Waals surface area contributed by atoms with E-state index in [1.54, 1.807) is 48.5 Å². The van der Waals surface area contributed by atoms with E-state index in [1.807, 2.05) is 0 Å². The first kappa shape index (κ1) is 24.6. The first-order valence-electron chi connectivity index (χ1n) is 10.1. The fourth-order valence-corrected chi connectivity index (χ4v) is 3.99. The third-order valence-electron chi connectivity index (χ3n) is 4.59. The predicted molar refractivity (Wildman–Crippen MR) is 128 cm³/mol. The molecule has 2 amide bonds. The van der Waals surface area contributed by atoms with Crippen molar-refractivity contribution >= 4 is 52.4 Å². The highest BCUT2D eigenvalue weighted by Crippen LogP contribution is 2.30. The lowest BCUT2D eigenvalue weighted by atomic mass is 10.1. The van der Waals surface area contributed by atoms with E-state index in [0.717, 1.165) is 16.8 Å². The van der Waals surface area contributed by atoms with Gasteiger partial charge in [-0.25, -0.2) is 4.79 Å². The molecule has 1 aliphatic rings. The minimum Gasteiger partial charge on any atom is -0.482 e. The summed E-state index contributed by atoms with van der Waals surface area (Å²) in [6.45, 7) is 0.998. The van der Waals surface area contributed by atoms with Gasteiger partial charge in [-0.15, -0.1) is 0 Å². The Bertz CT molecular complexity index is 1160. The molecule has 34 heavy (non-hydrogen) atoms. The molecule has 3 rings (SSSR count). The maximum Gasteiger partial charge on any atom is 0.341 e. The molecule has 2 N–H and O–H groups in total. The summed E-state index contributed by atoms with van der Waals surface area (Å²) in [5, 5.41) is 16.4. The van der Waals surface area contributed by atoms with Crippen LogP contribution in [0.2, 0.25) is 0 Å². The van der Waals surface area contributed by atoms with Crippen LogP contribution in [-0.4, -0.2) is 64.0 Å². The van der Waals surface area contributed by atoms with Gasteiger partial charge in [-0.1, -0.05) is 23.9 Å². The molecule has 0 spiro atoms. The molecule has 10 nitrogen and oxygen atoms in total. The Labute approximate surface area is 199 Å². The zero-order chi connectivity index (χ0) is 24.7. The highest BCUT2D eigenvalue weighted by Gasteiger charge is 2.39. The van der Waals surface area contributed by atoms with Crippen LogP contribution in [-0.2, 0) is 14.4 Å². The third-order valence-corrected chi connectivity index (χ3v) is 5.81. The van der Waals surface area contributed by atoms with E-state index in [4.69, 9.17) is 9.84 Å².